The largest absolute Gasteiger partial charge is 0.385 e. The van der Waals surface area contributed by atoms with Gasteiger partial charge in [-0.1, -0.05) is 11.6 Å². The fourth-order valence-electron chi connectivity index (χ4n) is 0.558. The number of nitrogens with zero attached hydrogens (tertiary/aromatic N) is 1. The minimum Gasteiger partial charge on any atom is -0.385 e. The first-order chi connectivity index (χ1) is 4.75. The van der Waals surface area contributed by atoms with E-state index in [2.05, 4.69) is 15.5 Å². The zero-order valence-corrected chi connectivity index (χ0v) is 6.07. The van der Waals surface area contributed by atoms with Gasteiger partial charge in [0.05, 0.1) is 11.9 Å². The maximum absolute atomic E-state index is 10.7. The molecule has 0 aromatic carbocycles. The number of aromatic nitrogens is 2. The maximum Gasteiger partial charge on any atom is 0.285 e. The second-order valence-electron chi connectivity index (χ2n) is 1.68. The second kappa shape index (κ2) is 2.70. The molecule has 1 heterocycles. The third kappa shape index (κ3) is 1.11. The standard InChI is InChI=1S/C5H6ClN3O/c1-7-3-2-8-9-5(10)4(3)6/h2H,1H3,(H2,7,9,10). The molecule has 10 heavy (non-hydrogen) atoms. The Bertz CT molecular complexity index is 282. The molecule has 0 atom stereocenters. The Morgan fingerprint density at radius 2 is 2.50 bits per heavy atom. The molecule has 0 spiro atoms. The van der Waals surface area contributed by atoms with Crippen molar-refractivity contribution in [2.45, 2.75) is 0 Å². The number of nitrogens with one attached hydrogen (secondary N) is 2. The highest BCUT2D eigenvalue weighted by atomic mass is 35.5. The predicted molar refractivity (Wildman–Crippen MR) is 39.4 cm³/mol. The molecule has 1 rings (SSSR count). The minimum absolute atomic E-state index is 0.137. The molecule has 54 valence electrons. The minimum atomic E-state index is -0.381. The molecule has 0 unspecified atom stereocenters. The summed E-state index contributed by atoms with van der Waals surface area (Å²) in [5.74, 6) is 0. The van der Waals surface area contributed by atoms with Gasteiger partial charge in [0.25, 0.3) is 5.56 Å². The van der Waals surface area contributed by atoms with Gasteiger partial charge in [0, 0.05) is 7.05 Å². The van der Waals surface area contributed by atoms with Crippen molar-refractivity contribution in [3.05, 3.63) is 21.6 Å². The monoisotopic (exact) mass is 159 g/mol. The molecular formula is C5H6ClN3O. The van der Waals surface area contributed by atoms with Crippen molar-refractivity contribution in [1.29, 1.82) is 0 Å². The van der Waals surface area contributed by atoms with Gasteiger partial charge in [-0.3, -0.25) is 4.79 Å². The van der Waals surface area contributed by atoms with Gasteiger partial charge in [0.2, 0.25) is 0 Å². The van der Waals surface area contributed by atoms with Crippen LogP contribution < -0.4 is 10.9 Å². The first-order valence-electron chi connectivity index (χ1n) is 2.66. The fourth-order valence-corrected chi connectivity index (χ4v) is 0.743. The first kappa shape index (κ1) is 7.08. The summed E-state index contributed by atoms with van der Waals surface area (Å²) in [6.45, 7) is 0. The van der Waals surface area contributed by atoms with E-state index in [9.17, 15) is 4.79 Å². The summed E-state index contributed by atoms with van der Waals surface area (Å²) in [6.07, 6.45) is 1.45. The number of hydrogen-bond donors (Lipinski definition) is 2. The lowest BCUT2D eigenvalue weighted by atomic mass is 10.5. The van der Waals surface area contributed by atoms with E-state index in [0.717, 1.165) is 0 Å². The molecule has 5 heteroatoms. The van der Waals surface area contributed by atoms with E-state index in [1.807, 2.05) is 0 Å². The van der Waals surface area contributed by atoms with E-state index >= 15 is 0 Å². The molecule has 0 aliphatic heterocycles. The van der Waals surface area contributed by atoms with Crippen molar-refractivity contribution in [1.82, 2.24) is 10.2 Å². The van der Waals surface area contributed by atoms with Crippen LogP contribution in [0.25, 0.3) is 0 Å². The number of anilines is 1. The number of H-pyrrole nitrogens is 1. The van der Waals surface area contributed by atoms with E-state index < -0.39 is 0 Å². The summed E-state index contributed by atoms with van der Waals surface area (Å²) in [4.78, 5) is 10.7. The van der Waals surface area contributed by atoms with Crippen LogP contribution in [-0.2, 0) is 0 Å². The molecule has 0 saturated carbocycles. The predicted octanol–water partition coefficient (Wildman–Crippen LogP) is 0.465. The molecule has 0 fully saturated rings. The van der Waals surface area contributed by atoms with Crippen LogP contribution in [0, 0.1) is 0 Å². The van der Waals surface area contributed by atoms with Gasteiger partial charge in [-0.2, -0.15) is 5.10 Å². The second-order valence-corrected chi connectivity index (χ2v) is 2.05. The van der Waals surface area contributed by atoms with Gasteiger partial charge in [0.15, 0.2) is 0 Å². The molecule has 0 saturated heterocycles. The Balaban J connectivity index is 3.28. The average Bonchev–Trinajstić information content (AvgIpc) is 1.95. The topological polar surface area (TPSA) is 57.8 Å². The third-order valence-electron chi connectivity index (χ3n) is 1.06. The van der Waals surface area contributed by atoms with Crippen molar-refractivity contribution in [3.63, 3.8) is 0 Å². The van der Waals surface area contributed by atoms with Gasteiger partial charge in [-0.15, -0.1) is 0 Å². The van der Waals surface area contributed by atoms with Crippen LogP contribution in [0.2, 0.25) is 5.02 Å². The normalized spacial score (nSPS) is 9.40. The summed E-state index contributed by atoms with van der Waals surface area (Å²) in [7, 11) is 1.67. The average molecular weight is 160 g/mol. The Morgan fingerprint density at radius 3 is 3.00 bits per heavy atom. The van der Waals surface area contributed by atoms with Crippen LogP contribution in [-0.4, -0.2) is 17.2 Å². The Morgan fingerprint density at radius 1 is 1.80 bits per heavy atom. The highest BCUT2D eigenvalue weighted by Crippen LogP contribution is 2.12. The molecule has 0 aliphatic carbocycles. The van der Waals surface area contributed by atoms with Crippen molar-refractivity contribution in [3.8, 4) is 0 Å². The van der Waals surface area contributed by atoms with Crippen molar-refractivity contribution >= 4 is 17.3 Å². The third-order valence-corrected chi connectivity index (χ3v) is 1.44. The number of rotatable bonds is 1. The summed E-state index contributed by atoms with van der Waals surface area (Å²) in [6, 6.07) is 0. The Kier molecular flexibility index (Phi) is 1.91. The van der Waals surface area contributed by atoms with E-state index in [-0.39, 0.29) is 10.6 Å². The Labute approximate surface area is 62.2 Å². The van der Waals surface area contributed by atoms with Crippen LogP contribution in [0.4, 0.5) is 5.69 Å². The van der Waals surface area contributed by atoms with E-state index in [0.29, 0.717) is 5.69 Å². The van der Waals surface area contributed by atoms with E-state index in [1.165, 1.54) is 6.20 Å². The molecule has 0 radical (unpaired) electrons. The Hall–Kier alpha value is -1.03. The lowest BCUT2D eigenvalue weighted by Crippen LogP contribution is -2.09. The molecule has 4 nitrogen and oxygen atoms in total. The van der Waals surface area contributed by atoms with Crippen LogP contribution in [0.3, 0.4) is 0 Å². The van der Waals surface area contributed by atoms with Crippen LogP contribution in [0.1, 0.15) is 0 Å². The molecular weight excluding hydrogens is 154 g/mol. The van der Waals surface area contributed by atoms with Crippen molar-refractivity contribution in [2.75, 3.05) is 12.4 Å². The van der Waals surface area contributed by atoms with Crippen LogP contribution >= 0.6 is 11.6 Å². The molecule has 1 aromatic heterocycles. The fraction of sp³-hybridized carbons (Fsp3) is 0.200. The molecule has 1 aromatic rings. The smallest absolute Gasteiger partial charge is 0.285 e. The first-order valence-corrected chi connectivity index (χ1v) is 3.04. The van der Waals surface area contributed by atoms with E-state index in [1.54, 1.807) is 7.05 Å². The molecule has 0 amide bonds. The van der Waals surface area contributed by atoms with Gasteiger partial charge in [0.1, 0.15) is 5.02 Å². The maximum atomic E-state index is 10.7. The lowest BCUT2D eigenvalue weighted by molar-refractivity contribution is 0.989. The SMILES string of the molecule is CNc1cn[nH]c(=O)c1Cl. The van der Waals surface area contributed by atoms with Crippen LogP contribution in [0.15, 0.2) is 11.0 Å². The zero-order chi connectivity index (χ0) is 7.56. The summed E-state index contributed by atoms with van der Waals surface area (Å²) < 4.78 is 0. The molecule has 0 bridgehead atoms. The summed E-state index contributed by atoms with van der Waals surface area (Å²) >= 11 is 5.55. The summed E-state index contributed by atoms with van der Waals surface area (Å²) in [5.41, 5.74) is 0.152. The highest BCUT2D eigenvalue weighted by molar-refractivity contribution is 6.32. The number of aromatic amines is 1. The van der Waals surface area contributed by atoms with Gasteiger partial charge in [-0.05, 0) is 0 Å². The van der Waals surface area contributed by atoms with Gasteiger partial charge in [-0.25, -0.2) is 5.10 Å². The quantitative estimate of drug-likeness (QED) is 0.626. The van der Waals surface area contributed by atoms with Gasteiger partial charge >= 0.3 is 0 Å². The van der Waals surface area contributed by atoms with Crippen molar-refractivity contribution in [2.24, 2.45) is 0 Å². The van der Waals surface area contributed by atoms with Gasteiger partial charge < -0.3 is 5.32 Å². The van der Waals surface area contributed by atoms with E-state index in [4.69, 9.17) is 11.6 Å². The molecule has 0 aliphatic rings. The van der Waals surface area contributed by atoms with Crippen molar-refractivity contribution < 1.29 is 0 Å². The van der Waals surface area contributed by atoms with Crippen LogP contribution in [0.5, 0.6) is 0 Å². The number of halogens is 1. The highest BCUT2D eigenvalue weighted by Gasteiger charge is 2.00. The zero-order valence-electron chi connectivity index (χ0n) is 5.31. The number of hydrogen-bond acceptors (Lipinski definition) is 3. The molecule has 2 N–H and O–H groups in total. The summed E-state index contributed by atoms with van der Waals surface area (Å²) in [5, 5.41) is 8.59. The lowest BCUT2D eigenvalue weighted by Gasteiger charge is -1.97.